The number of aliphatic carboxylic acids is 1. The molecule has 0 bridgehead atoms. The summed E-state index contributed by atoms with van der Waals surface area (Å²) >= 11 is 3.13. The van der Waals surface area contributed by atoms with Crippen LogP contribution < -0.4 is 45.4 Å². The molecule has 4 rings (SSSR count). The number of rotatable bonds is 28. The number of hydroxylamine groups is 2. The zero-order valence-electron chi connectivity index (χ0n) is 63.3. The monoisotopic (exact) mass is 1640 g/mol. The van der Waals surface area contributed by atoms with Crippen LogP contribution in [-0.2, 0) is 66.8 Å². The number of alkyl halides is 1. The van der Waals surface area contributed by atoms with Crippen molar-refractivity contribution in [3.63, 3.8) is 0 Å². The zero-order chi connectivity index (χ0) is 75.4. The van der Waals surface area contributed by atoms with Crippen molar-refractivity contribution < 1.29 is 116 Å². The number of ether oxygens (including phenoxy) is 6. The summed E-state index contributed by atoms with van der Waals surface area (Å²) in [6.07, 6.45) is 30.4. The molecule has 1 amide bonds. The number of carbonyl (C=O) groups is 7. The van der Waals surface area contributed by atoms with Gasteiger partial charge in [0, 0.05) is 82.6 Å². The number of nitrogens with zero attached hydrogens (tertiary/aromatic N) is 1. The molecule has 3 fully saturated rings. The summed E-state index contributed by atoms with van der Waals surface area (Å²) in [6.45, 7) is 54.1. The summed E-state index contributed by atoms with van der Waals surface area (Å²) < 4.78 is 27.9. The van der Waals surface area contributed by atoms with Gasteiger partial charge in [0.1, 0.15) is 5.54 Å². The summed E-state index contributed by atoms with van der Waals surface area (Å²) in [5.41, 5.74) is 10.1. The number of hydrogen-bond donors (Lipinski definition) is 5. The van der Waals surface area contributed by atoms with Gasteiger partial charge in [0.2, 0.25) is 5.91 Å². The number of halogens is 3. The third-order valence-electron chi connectivity index (χ3n) is 14.2. The number of methoxy groups -OCH3 is 4. The topological polar surface area (TPSA) is 300 Å². The Morgan fingerprint density at radius 3 is 1.29 bits per heavy atom. The Kier molecular flexibility index (Phi) is 130. The first kappa shape index (κ1) is 130. The van der Waals surface area contributed by atoms with E-state index in [2.05, 4.69) is 108 Å². The van der Waals surface area contributed by atoms with Crippen LogP contribution in [0.15, 0.2) is 101 Å². The largest absolute Gasteiger partial charge is 2.00 e. The molecule has 26 heteroatoms. The van der Waals surface area contributed by atoms with Crippen LogP contribution in [0.1, 0.15) is 178 Å². The SMILES string of the molecule is C.C1CCOC1.C1CCOC1.C=CCBr.C=CCC(CC)C(=O)C=C.C=CCC(CC)C(=O)N(C)OC.C=CCC(CC)C(=O)OC.C=CCC(CC)C(=O)OC.CCC1CC=CC1=O.CCCC(=O)OC.CCOC.NCC1CC(CCB(O)O)CC1(N)C(=O)O.[Br-].[Br-].[CH-]=C.[CH-]=C.[Mg+2].[Mg+2]. The van der Waals surface area contributed by atoms with Crippen molar-refractivity contribution in [3.05, 3.63) is 114 Å². The zero-order valence-corrected chi connectivity index (χ0v) is 70.9. The van der Waals surface area contributed by atoms with Gasteiger partial charge in [0.05, 0.1) is 40.3 Å². The molecule has 0 aromatic heterocycles. The van der Waals surface area contributed by atoms with Gasteiger partial charge in [-0.2, -0.15) is 0 Å². The molecule has 100 heavy (non-hydrogen) atoms. The molecule has 578 valence electrons. The van der Waals surface area contributed by atoms with E-state index in [0.717, 1.165) is 89.7 Å². The molecule has 4 aliphatic rings. The van der Waals surface area contributed by atoms with E-state index < -0.39 is 18.6 Å². The molecule has 2 aliphatic heterocycles. The fourth-order valence-electron chi connectivity index (χ4n) is 8.25. The second-order valence-electron chi connectivity index (χ2n) is 21.0. The van der Waals surface area contributed by atoms with Crippen LogP contribution in [0.25, 0.3) is 0 Å². The van der Waals surface area contributed by atoms with Gasteiger partial charge in [0.25, 0.3) is 0 Å². The average Bonchev–Trinajstić information content (AvgIpc) is 1.65. The van der Waals surface area contributed by atoms with Crippen LogP contribution >= 0.6 is 15.9 Å². The van der Waals surface area contributed by atoms with Crippen LogP contribution in [-0.4, -0.2) is 208 Å². The third-order valence-corrected chi connectivity index (χ3v) is 14.7. The van der Waals surface area contributed by atoms with Crippen LogP contribution in [0.2, 0.25) is 6.32 Å². The second kappa shape index (κ2) is 100. The summed E-state index contributed by atoms with van der Waals surface area (Å²) in [5.74, 6) is -0.651. The Morgan fingerprint density at radius 1 is 0.710 bits per heavy atom. The molecule has 2 aliphatic carbocycles. The summed E-state index contributed by atoms with van der Waals surface area (Å²) in [6, 6.07) is 0. The van der Waals surface area contributed by atoms with Crippen LogP contribution in [0.4, 0.5) is 0 Å². The van der Waals surface area contributed by atoms with Gasteiger partial charge in [-0.05, 0) is 147 Å². The van der Waals surface area contributed by atoms with Crippen molar-refractivity contribution in [2.24, 2.45) is 52.9 Å². The molecule has 7 N–H and O–H groups in total. The van der Waals surface area contributed by atoms with E-state index in [0.29, 0.717) is 56.6 Å². The molecule has 2 heterocycles. The van der Waals surface area contributed by atoms with E-state index >= 15 is 0 Å². The van der Waals surface area contributed by atoms with Crippen molar-refractivity contribution in [3.8, 4) is 0 Å². The molecule has 2 saturated heterocycles. The number of esters is 3. The van der Waals surface area contributed by atoms with Gasteiger partial charge < -0.3 is 102 Å². The molecule has 0 radical (unpaired) electrons. The number of carbonyl (C=O) groups excluding carboxylic acids is 6. The van der Waals surface area contributed by atoms with Crippen molar-refractivity contribution >= 4 is 111 Å². The summed E-state index contributed by atoms with van der Waals surface area (Å²) in [7, 11) is 7.67. The molecule has 0 spiro atoms. The molecule has 8 atom stereocenters. The predicted octanol–water partition coefficient (Wildman–Crippen LogP) is 7.50. The maximum Gasteiger partial charge on any atom is 2.00 e. The minimum absolute atomic E-state index is 0. The number of nitrogens with two attached hydrogens (primary N) is 2. The Morgan fingerprint density at radius 2 is 1.09 bits per heavy atom. The number of carboxylic acid groups (broad SMARTS) is 1. The van der Waals surface area contributed by atoms with Crippen LogP contribution in [0.5, 0.6) is 0 Å². The number of hydrogen-bond acceptors (Lipinski definition) is 18. The van der Waals surface area contributed by atoms with E-state index in [9.17, 15) is 33.6 Å². The van der Waals surface area contributed by atoms with Gasteiger partial charge in [-0.3, -0.25) is 51.6 Å². The van der Waals surface area contributed by atoms with Crippen molar-refractivity contribution in [1.29, 1.82) is 0 Å². The molecule has 8 unspecified atom stereocenters. The quantitative estimate of drug-likeness (QED) is 0.00740. The standard InChI is InChI=1S/C9H19BN2O4.C9H17NO2.C9H14O.2C8H14O2.C7H10O.C5H10O2.2C4H8O.C3H5Br.C3H8O.2C2H3.CH4.2BrH.2Mg/c11-5-7-3-6(1-2-10(15)16)4-9(7,12)8(13)14;1-5-7-8(6-2)9(11)10(3)12-4;1-4-7-8(5-2)9(10)6-3;2*1-4-6-7(5-2)8(9)10-3;1-2-6-4-3-5-7(6)8;1-3-4-5(6)7-2;2*1-2-4-5-3-1;1-2-3-4;1-3-4-2;2*1-2;;;;;/h6-7,15-16H,1-5,11-12H2,(H,13,14);5,8H,1,6-7H2,2-4H3;4,6,8H,1,3,5,7H2,2H3;2*4,7H,1,5-6H2,2-3H3;3,5-6H,2,4H2,1H3;3-4H2,1-2H3;2*1-4H2;2H,1,3H2;3H2,1-2H3;2*1H,2H2;1H4;2*1H;;/q;;;;;;;;;;;2*-1;;;;2*+2/p-2. The van der Waals surface area contributed by atoms with Gasteiger partial charge in [0.15, 0.2) is 11.6 Å². The van der Waals surface area contributed by atoms with E-state index in [4.69, 9.17) is 40.9 Å². The van der Waals surface area contributed by atoms with Crippen molar-refractivity contribution in [1.82, 2.24) is 5.06 Å². The molecular weight excluding hydrogens is 1500 g/mol. The first-order valence-corrected chi connectivity index (χ1v) is 34.0. The van der Waals surface area contributed by atoms with E-state index in [-0.39, 0.29) is 165 Å². The Balaban J connectivity index is -0.0000000685. The van der Waals surface area contributed by atoms with Crippen molar-refractivity contribution in [2.45, 2.75) is 190 Å². The Labute approximate surface area is 670 Å². The maximum absolute atomic E-state index is 11.4. The van der Waals surface area contributed by atoms with Gasteiger partial charge in [-0.25, -0.2) is 5.06 Å². The van der Waals surface area contributed by atoms with E-state index in [1.165, 1.54) is 65.3 Å². The molecule has 20 nitrogen and oxygen atoms in total. The normalized spacial score (nSPS) is 16.3. The van der Waals surface area contributed by atoms with Gasteiger partial charge in [-0.1, -0.05) is 114 Å². The fraction of sp³-hybridized carbons (Fsp3) is 0.662. The smallest absolute Gasteiger partial charge is 1.00 e. The average molecular weight is 1640 g/mol. The van der Waals surface area contributed by atoms with Crippen LogP contribution in [0, 0.1) is 54.6 Å². The Bertz CT molecular complexity index is 1900. The summed E-state index contributed by atoms with van der Waals surface area (Å²) in [4.78, 5) is 80.9. The van der Waals surface area contributed by atoms with Crippen LogP contribution in [0.3, 0.4) is 0 Å². The number of carboxylic acids is 1. The van der Waals surface area contributed by atoms with E-state index in [1.807, 2.05) is 47.6 Å². The first-order chi connectivity index (χ1) is 45.3. The van der Waals surface area contributed by atoms with Crippen molar-refractivity contribution in [2.75, 3.05) is 87.5 Å². The number of ketones is 2. The second-order valence-corrected chi connectivity index (χ2v) is 21.6. The molecule has 0 aromatic rings. The Hall–Kier alpha value is -2.93. The minimum atomic E-state index is -1.34. The number of amides is 1. The molecule has 1 saturated carbocycles. The first-order valence-electron chi connectivity index (χ1n) is 32.9. The van der Waals surface area contributed by atoms with Gasteiger partial charge in [-0.15, -0.1) is 32.9 Å². The minimum Gasteiger partial charge on any atom is -1.00 e. The summed E-state index contributed by atoms with van der Waals surface area (Å²) in [5, 5.41) is 28.8. The maximum atomic E-state index is 11.4. The molecule has 0 aromatic carbocycles. The third kappa shape index (κ3) is 80.7. The predicted molar refractivity (Wildman–Crippen MR) is 412 cm³/mol. The fourth-order valence-corrected chi connectivity index (χ4v) is 8.25. The number of allylic oxidation sites excluding steroid dienone is 8. The molecular formula is C74H137BBr3Mg2N3O17. The van der Waals surface area contributed by atoms with E-state index in [1.54, 1.807) is 50.6 Å². The van der Waals surface area contributed by atoms with Gasteiger partial charge >= 0.3 is 77.1 Å².